The zero-order valence-corrected chi connectivity index (χ0v) is 13.2. The highest BCUT2D eigenvalue weighted by Crippen LogP contribution is 2.29. The van der Waals surface area contributed by atoms with Crippen molar-refractivity contribution in [2.75, 3.05) is 19.8 Å². The summed E-state index contributed by atoms with van der Waals surface area (Å²) in [5.74, 6) is 1.67. The highest BCUT2D eigenvalue weighted by molar-refractivity contribution is 5.80. The van der Waals surface area contributed by atoms with Gasteiger partial charge in [-0.2, -0.15) is 0 Å². The van der Waals surface area contributed by atoms with Gasteiger partial charge in [0, 0.05) is 12.1 Å². The molecule has 4 nitrogen and oxygen atoms in total. The highest BCUT2D eigenvalue weighted by Gasteiger charge is 2.35. The largest absolute Gasteiger partial charge is 0.379 e. The molecule has 2 rings (SSSR count). The molecule has 0 radical (unpaired) electrons. The number of rotatable bonds is 5. The molecule has 2 fully saturated rings. The Kier molecular flexibility index (Phi) is 5.85. The Hall–Kier alpha value is -0.610. The molecular formula is C16H30N2O2. The number of hydrogen-bond acceptors (Lipinski definition) is 3. The summed E-state index contributed by atoms with van der Waals surface area (Å²) in [7, 11) is 0. The van der Waals surface area contributed by atoms with Crippen molar-refractivity contribution in [2.45, 2.75) is 58.5 Å². The zero-order chi connectivity index (χ0) is 14.5. The monoisotopic (exact) mass is 282 g/mol. The second-order valence-corrected chi connectivity index (χ2v) is 6.68. The van der Waals surface area contributed by atoms with Gasteiger partial charge in [0.15, 0.2) is 0 Å². The molecular weight excluding hydrogens is 252 g/mol. The van der Waals surface area contributed by atoms with Crippen LogP contribution < -0.4 is 10.6 Å². The van der Waals surface area contributed by atoms with E-state index in [2.05, 4.69) is 31.4 Å². The van der Waals surface area contributed by atoms with Crippen LogP contribution in [0.4, 0.5) is 0 Å². The van der Waals surface area contributed by atoms with Crippen LogP contribution in [-0.4, -0.2) is 37.7 Å². The van der Waals surface area contributed by atoms with E-state index in [0.29, 0.717) is 25.2 Å². The summed E-state index contributed by atoms with van der Waals surface area (Å²) >= 11 is 0. The van der Waals surface area contributed by atoms with Gasteiger partial charge in [-0.05, 0) is 44.1 Å². The van der Waals surface area contributed by atoms with Crippen LogP contribution in [-0.2, 0) is 9.53 Å². The maximum Gasteiger partial charge on any atom is 0.227 e. The summed E-state index contributed by atoms with van der Waals surface area (Å²) in [5.41, 5.74) is 0. The molecule has 0 aromatic rings. The predicted octanol–water partition coefficient (Wildman–Crippen LogP) is 1.94. The van der Waals surface area contributed by atoms with Crippen LogP contribution in [0.2, 0.25) is 0 Å². The fraction of sp³-hybridized carbons (Fsp3) is 0.938. The van der Waals surface area contributed by atoms with Gasteiger partial charge in [-0.3, -0.25) is 4.79 Å². The molecule has 20 heavy (non-hydrogen) atoms. The van der Waals surface area contributed by atoms with Crippen LogP contribution in [0.5, 0.6) is 0 Å². The smallest absolute Gasteiger partial charge is 0.227 e. The molecule has 1 aliphatic carbocycles. The maximum absolute atomic E-state index is 12.4. The second kappa shape index (κ2) is 7.41. The molecule has 116 valence electrons. The SMILES string of the molecule is CCCNC1COCC1C(=O)NC1CCC(C)C(C)C1. The minimum absolute atomic E-state index is 0.0174. The van der Waals surface area contributed by atoms with Crippen molar-refractivity contribution < 1.29 is 9.53 Å². The van der Waals surface area contributed by atoms with E-state index in [4.69, 9.17) is 4.74 Å². The second-order valence-electron chi connectivity index (χ2n) is 6.68. The van der Waals surface area contributed by atoms with Gasteiger partial charge in [0.1, 0.15) is 0 Å². The molecule has 4 heteroatoms. The van der Waals surface area contributed by atoms with Gasteiger partial charge < -0.3 is 15.4 Å². The number of amides is 1. The Bertz CT molecular complexity index is 322. The van der Waals surface area contributed by atoms with Crippen LogP contribution in [0, 0.1) is 17.8 Å². The Balaban J connectivity index is 1.81. The van der Waals surface area contributed by atoms with E-state index in [1.165, 1.54) is 6.42 Å². The van der Waals surface area contributed by atoms with Crippen molar-refractivity contribution in [3.63, 3.8) is 0 Å². The Morgan fingerprint density at radius 1 is 1.20 bits per heavy atom. The van der Waals surface area contributed by atoms with Crippen molar-refractivity contribution in [1.82, 2.24) is 10.6 Å². The maximum atomic E-state index is 12.4. The third-order valence-electron chi connectivity index (χ3n) is 5.02. The first kappa shape index (κ1) is 15.8. The van der Waals surface area contributed by atoms with E-state index < -0.39 is 0 Å². The molecule has 1 heterocycles. The van der Waals surface area contributed by atoms with Crippen LogP contribution in [0.15, 0.2) is 0 Å². The molecule has 0 aromatic heterocycles. The van der Waals surface area contributed by atoms with Crippen molar-refractivity contribution in [3.05, 3.63) is 0 Å². The van der Waals surface area contributed by atoms with Crippen molar-refractivity contribution in [3.8, 4) is 0 Å². The average molecular weight is 282 g/mol. The predicted molar refractivity (Wildman–Crippen MR) is 80.5 cm³/mol. The summed E-state index contributed by atoms with van der Waals surface area (Å²) in [4.78, 5) is 12.4. The Morgan fingerprint density at radius 3 is 2.70 bits per heavy atom. The van der Waals surface area contributed by atoms with Crippen LogP contribution in [0.1, 0.15) is 46.5 Å². The fourth-order valence-corrected chi connectivity index (χ4v) is 3.33. The number of hydrogen-bond donors (Lipinski definition) is 2. The van der Waals surface area contributed by atoms with Gasteiger partial charge in [0.05, 0.1) is 19.1 Å². The summed E-state index contributed by atoms with van der Waals surface area (Å²) in [6.45, 7) is 8.94. The molecule has 2 aliphatic rings. The fourth-order valence-electron chi connectivity index (χ4n) is 3.33. The first-order chi connectivity index (χ1) is 9.61. The summed E-state index contributed by atoms with van der Waals surface area (Å²) in [5, 5.41) is 6.69. The molecule has 1 aliphatic heterocycles. The lowest BCUT2D eigenvalue weighted by atomic mass is 9.79. The minimum atomic E-state index is -0.0174. The van der Waals surface area contributed by atoms with E-state index in [9.17, 15) is 4.79 Å². The standard InChI is InChI=1S/C16H30N2O2/c1-4-7-17-15-10-20-9-14(15)16(19)18-13-6-5-11(2)12(3)8-13/h11-15,17H,4-10H2,1-3H3,(H,18,19). The number of carbonyl (C=O) groups excluding carboxylic acids is 1. The van der Waals surface area contributed by atoms with Gasteiger partial charge in [-0.1, -0.05) is 20.8 Å². The Labute approximate surface area is 123 Å². The summed E-state index contributed by atoms with van der Waals surface area (Å²) < 4.78 is 5.49. The van der Waals surface area contributed by atoms with Gasteiger partial charge in [-0.25, -0.2) is 0 Å². The normalized spacial score (nSPS) is 37.9. The van der Waals surface area contributed by atoms with Crippen LogP contribution >= 0.6 is 0 Å². The molecule has 5 atom stereocenters. The molecule has 1 saturated carbocycles. The summed E-state index contributed by atoms with van der Waals surface area (Å²) in [6.07, 6.45) is 4.55. The third-order valence-corrected chi connectivity index (χ3v) is 5.02. The molecule has 0 aromatic carbocycles. The lowest BCUT2D eigenvalue weighted by molar-refractivity contribution is -0.126. The zero-order valence-electron chi connectivity index (χ0n) is 13.2. The number of carbonyl (C=O) groups is 1. The lowest BCUT2D eigenvalue weighted by Gasteiger charge is -2.33. The van der Waals surface area contributed by atoms with Gasteiger partial charge in [0.25, 0.3) is 0 Å². The van der Waals surface area contributed by atoms with E-state index >= 15 is 0 Å². The summed E-state index contributed by atoms with van der Waals surface area (Å²) in [6, 6.07) is 0.552. The molecule has 0 spiro atoms. The Morgan fingerprint density at radius 2 is 2.00 bits per heavy atom. The van der Waals surface area contributed by atoms with Crippen LogP contribution in [0.25, 0.3) is 0 Å². The molecule has 2 N–H and O–H groups in total. The van der Waals surface area contributed by atoms with Gasteiger partial charge >= 0.3 is 0 Å². The molecule has 1 saturated heterocycles. The first-order valence-electron chi connectivity index (χ1n) is 8.23. The molecule has 0 bridgehead atoms. The average Bonchev–Trinajstić information content (AvgIpc) is 2.89. The quantitative estimate of drug-likeness (QED) is 0.810. The van der Waals surface area contributed by atoms with Crippen molar-refractivity contribution in [1.29, 1.82) is 0 Å². The van der Waals surface area contributed by atoms with Gasteiger partial charge in [0.2, 0.25) is 5.91 Å². The molecule has 1 amide bonds. The van der Waals surface area contributed by atoms with E-state index in [1.807, 2.05) is 0 Å². The van der Waals surface area contributed by atoms with Crippen molar-refractivity contribution >= 4 is 5.91 Å². The van der Waals surface area contributed by atoms with Crippen LogP contribution in [0.3, 0.4) is 0 Å². The topological polar surface area (TPSA) is 50.4 Å². The van der Waals surface area contributed by atoms with Crippen molar-refractivity contribution in [2.24, 2.45) is 17.8 Å². The third kappa shape index (κ3) is 3.95. The van der Waals surface area contributed by atoms with E-state index in [0.717, 1.165) is 31.7 Å². The molecule has 5 unspecified atom stereocenters. The van der Waals surface area contributed by atoms with E-state index in [-0.39, 0.29) is 17.9 Å². The highest BCUT2D eigenvalue weighted by atomic mass is 16.5. The number of ether oxygens (including phenoxy) is 1. The lowest BCUT2D eigenvalue weighted by Crippen LogP contribution is -2.48. The van der Waals surface area contributed by atoms with E-state index in [1.54, 1.807) is 0 Å². The van der Waals surface area contributed by atoms with Gasteiger partial charge in [-0.15, -0.1) is 0 Å². The number of nitrogens with one attached hydrogen (secondary N) is 2. The minimum Gasteiger partial charge on any atom is -0.379 e. The first-order valence-corrected chi connectivity index (χ1v) is 8.23.